The Morgan fingerprint density at radius 2 is 1.63 bits per heavy atom. The Kier molecular flexibility index (Phi) is 4.77. The third-order valence-corrected chi connectivity index (χ3v) is 4.54. The standard InChI is InChI=1S/C20H19NO6/c1-21-17(11-4-7-13(22)8-5-11)16(19(24)20(21)25)18(23)12-6-9-14(26-2)15(10-12)27-3/h4-10,17,22-23H,1-3H3. The maximum absolute atomic E-state index is 12.5. The molecule has 0 aromatic heterocycles. The van der Waals surface area contributed by atoms with E-state index in [-0.39, 0.29) is 17.1 Å². The second-order valence-corrected chi connectivity index (χ2v) is 6.07. The Labute approximate surface area is 156 Å². The molecule has 2 aromatic rings. The highest BCUT2D eigenvalue weighted by molar-refractivity contribution is 6.46. The minimum absolute atomic E-state index is 0.0274. The number of aliphatic hydroxyl groups is 1. The van der Waals surface area contributed by atoms with Gasteiger partial charge in [0, 0.05) is 12.6 Å². The first-order valence-electron chi connectivity index (χ1n) is 8.15. The molecule has 0 saturated carbocycles. The van der Waals surface area contributed by atoms with Gasteiger partial charge in [0.2, 0.25) is 0 Å². The van der Waals surface area contributed by atoms with Crippen molar-refractivity contribution >= 4 is 17.4 Å². The summed E-state index contributed by atoms with van der Waals surface area (Å²) in [5, 5.41) is 20.3. The number of rotatable bonds is 4. The fourth-order valence-corrected chi connectivity index (χ4v) is 3.13. The molecule has 3 rings (SSSR count). The van der Waals surface area contributed by atoms with Gasteiger partial charge in [0.15, 0.2) is 11.5 Å². The highest BCUT2D eigenvalue weighted by Gasteiger charge is 2.44. The number of carbonyl (C=O) groups is 2. The van der Waals surface area contributed by atoms with E-state index in [9.17, 15) is 19.8 Å². The van der Waals surface area contributed by atoms with Crippen LogP contribution in [0.25, 0.3) is 5.76 Å². The van der Waals surface area contributed by atoms with Crippen molar-refractivity contribution in [2.45, 2.75) is 6.04 Å². The third-order valence-electron chi connectivity index (χ3n) is 4.54. The van der Waals surface area contributed by atoms with Crippen LogP contribution in [0.5, 0.6) is 17.2 Å². The van der Waals surface area contributed by atoms with Crippen molar-refractivity contribution in [1.82, 2.24) is 4.90 Å². The van der Waals surface area contributed by atoms with Gasteiger partial charge in [-0.25, -0.2) is 0 Å². The van der Waals surface area contributed by atoms with Gasteiger partial charge in [-0.3, -0.25) is 9.59 Å². The number of Topliss-reactive ketones (excluding diaryl/α,β-unsaturated/α-hetero) is 1. The van der Waals surface area contributed by atoms with Gasteiger partial charge in [0.05, 0.1) is 25.8 Å². The van der Waals surface area contributed by atoms with Crippen molar-refractivity contribution in [2.24, 2.45) is 0 Å². The van der Waals surface area contributed by atoms with Crippen LogP contribution in [0.2, 0.25) is 0 Å². The first-order valence-corrected chi connectivity index (χ1v) is 8.15. The Balaban J connectivity index is 2.16. The van der Waals surface area contributed by atoms with Crippen LogP contribution in [-0.2, 0) is 9.59 Å². The summed E-state index contributed by atoms with van der Waals surface area (Å²) in [6.45, 7) is 0. The van der Waals surface area contributed by atoms with E-state index >= 15 is 0 Å². The number of hydrogen-bond donors (Lipinski definition) is 2. The zero-order valence-corrected chi connectivity index (χ0v) is 15.1. The van der Waals surface area contributed by atoms with Gasteiger partial charge in [-0.1, -0.05) is 12.1 Å². The summed E-state index contributed by atoms with van der Waals surface area (Å²) in [5.74, 6) is -0.880. The van der Waals surface area contributed by atoms with Crippen LogP contribution in [0.3, 0.4) is 0 Å². The number of aromatic hydroxyl groups is 1. The lowest BCUT2D eigenvalue weighted by molar-refractivity contribution is -0.139. The Morgan fingerprint density at radius 3 is 2.22 bits per heavy atom. The molecular formula is C20H19NO6. The summed E-state index contributed by atoms with van der Waals surface area (Å²) < 4.78 is 10.4. The van der Waals surface area contributed by atoms with Crippen LogP contribution in [-0.4, -0.2) is 48.1 Å². The average Bonchev–Trinajstić information content (AvgIpc) is 2.91. The summed E-state index contributed by atoms with van der Waals surface area (Å²) in [6.07, 6.45) is 0. The highest BCUT2D eigenvalue weighted by Crippen LogP contribution is 2.40. The molecule has 1 amide bonds. The monoisotopic (exact) mass is 369 g/mol. The summed E-state index contributed by atoms with van der Waals surface area (Å²) in [6, 6.07) is 10.1. The van der Waals surface area contributed by atoms with Crippen LogP contribution in [0.15, 0.2) is 48.0 Å². The van der Waals surface area contributed by atoms with E-state index in [4.69, 9.17) is 9.47 Å². The number of likely N-dealkylation sites (tertiary alicyclic amines) is 1. The predicted octanol–water partition coefficient (Wildman–Crippen LogP) is 2.46. The van der Waals surface area contributed by atoms with Gasteiger partial charge in [-0.15, -0.1) is 0 Å². The first-order chi connectivity index (χ1) is 12.9. The van der Waals surface area contributed by atoms with Crippen LogP contribution < -0.4 is 9.47 Å². The number of methoxy groups -OCH3 is 2. The SMILES string of the molecule is COc1ccc(C(O)=C2C(=O)C(=O)N(C)C2c2ccc(O)cc2)cc1OC. The third kappa shape index (κ3) is 3.08. The van der Waals surface area contributed by atoms with Crippen LogP contribution >= 0.6 is 0 Å². The number of phenolic OH excluding ortho intramolecular Hbond substituents is 1. The van der Waals surface area contributed by atoms with Gasteiger partial charge in [0.1, 0.15) is 11.5 Å². The quantitative estimate of drug-likeness (QED) is 0.488. The number of nitrogens with zero attached hydrogens (tertiary/aromatic N) is 1. The predicted molar refractivity (Wildman–Crippen MR) is 97.7 cm³/mol. The lowest BCUT2D eigenvalue weighted by Crippen LogP contribution is -2.24. The minimum atomic E-state index is -0.775. The normalized spacial score (nSPS) is 18.6. The smallest absolute Gasteiger partial charge is 0.295 e. The fraction of sp³-hybridized carbons (Fsp3) is 0.200. The van der Waals surface area contributed by atoms with Gasteiger partial charge in [-0.05, 0) is 35.9 Å². The molecule has 1 heterocycles. The van der Waals surface area contributed by atoms with Crippen molar-refractivity contribution < 1.29 is 29.3 Å². The summed E-state index contributed by atoms with van der Waals surface area (Å²) in [5.41, 5.74) is 0.889. The molecule has 1 atom stereocenters. The zero-order chi connectivity index (χ0) is 19.7. The molecule has 140 valence electrons. The van der Waals surface area contributed by atoms with Crippen molar-refractivity contribution in [3.05, 3.63) is 59.2 Å². The minimum Gasteiger partial charge on any atom is -0.508 e. The summed E-state index contributed by atoms with van der Waals surface area (Å²) in [7, 11) is 4.45. The number of aliphatic hydroxyl groups excluding tert-OH is 1. The topological polar surface area (TPSA) is 96.3 Å². The lowest BCUT2D eigenvalue weighted by atomic mass is 9.95. The Morgan fingerprint density at radius 1 is 1.00 bits per heavy atom. The summed E-state index contributed by atoms with van der Waals surface area (Å²) >= 11 is 0. The van der Waals surface area contributed by atoms with Gasteiger partial charge in [0.25, 0.3) is 11.7 Å². The molecule has 7 heteroatoms. The number of ether oxygens (including phenoxy) is 2. The zero-order valence-electron chi connectivity index (χ0n) is 15.1. The van der Waals surface area contributed by atoms with Crippen molar-refractivity contribution in [3.8, 4) is 17.2 Å². The second kappa shape index (κ2) is 7.03. The Bertz CT molecular complexity index is 932. The fourth-order valence-electron chi connectivity index (χ4n) is 3.13. The molecule has 0 spiro atoms. The number of hydrogen-bond acceptors (Lipinski definition) is 6. The van der Waals surface area contributed by atoms with E-state index in [0.29, 0.717) is 22.6 Å². The van der Waals surface area contributed by atoms with E-state index in [1.54, 1.807) is 24.3 Å². The number of likely N-dealkylation sites (N-methyl/N-ethyl adjacent to an activating group) is 1. The number of ketones is 1. The number of benzene rings is 2. The molecule has 0 aliphatic carbocycles. The molecule has 1 unspecified atom stereocenters. The maximum Gasteiger partial charge on any atom is 0.295 e. The van der Waals surface area contributed by atoms with E-state index in [2.05, 4.69) is 0 Å². The molecule has 7 nitrogen and oxygen atoms in total. The average molecular weight is 369 g/mol. The molecule has 0 bridgehead atoms. The van der Waals surface area contributed by atoms with Gasteiger partial charge in [-0.2, -0.15) is 0 Å². The van der Waals surface area contributed by atoms with Crippen LogP contribution in [0.1, 0.15) is 17.2 Å². The van der Waals surface area contributed by atoms with Crippen molar-refractivity contribution in [2.75, 3.05) is 21.3 Å². The van der Waals surface area contributed by atoms with Gasteiger partial charge >= 0.3 is 0 Å². The van der Waals surface area contributed by atoms with Crippen LogP contribution in [0, 0.1) is 0 Å². The molecule has 1 saturated heterocycles. The lowest BCUT2D eigenvalue weighted by Gasteiger charge is -2.21. The number of amides is 1. The number of phenols is 1. The molecule has 1 aliphatic rings. The van der Waals surface area contributed by atoms with Crippen molar-refractivity contribution in [1.29, 1.82) is 0 Å². The molecule has 1 fully saturated rings. The molecule has 2 N–H and O–H groups in total. The second-order valence-electron chi connectivity index (χ2n) is 6.07. The first kappa shape index (κ1) is 18.3. The van der Waals surface area contributed by atoms with Gasteiger partial charge < -0.3 is 24.6 Å². The Hall–Kier alpha value is -3.48. The largest absolute Gasteiger partial charge is 0.508 e. The molecule has 27 heavy (non-hydrogen) atoms. The molecule has 0 radical (unpaired) electrons. The highest BCUT2D eigenvalue weighted by atomic mass is 16.5. The van der Waals surface area contributed by atoms with E-state index < -0.39 is 17.7 Å². The van der Waals surface area contributed by atoms with E-state index in [1.165, 1.54) is 44.4 Å². The maximum atomic E-state index is 12.5. The summed E-state index contributed by atoms with van der Waals surface area (Å²) in [4.78, 5) is 26.1. The van der Waals surface area contributed by atoms with E-state index in [0.717, 1.165) is 0 Å². The van der Waals surface area contributed by atoms with Crippen molar-refractivity contribution in [3.63, 3.8) is 0 Å². The molecule has 2 aromatic carbocycles. The molecule has 1 aliphatic heterocycles. The van der Waals surface area contributed by atoms with Crippen LogP contribution in [0.4, 0.5) is 0 Å². The molecular weight excluding hydrogens is 350 g/mol. The van der Waals surface area contributed by atoms with E-state index in [1.807, 2.05) is 0 Å². The number of carbonyl (C=O) groups excluding carboxylic acids is 2.